The van der Waals surface area contributed by atoms with E-state index in [2.05, 4.69) is 5.32 Å². The van der Waals surface area contributed by atoms with Gasteiger partial charge in [-0.15, -0.1) is 0 Å². The smallest absolute Gasteiger partial charge is 0.319 e. The zero-order chi connectivity index (χ0) is 22.8. The molecule has 2 saturated heterocycles. The molecule has 2 aliphatic rings. The predicted octanol–water partition coefficient (Wildman–Crippen LogP) is 1.95. The van der Waals surface area contributed by atoms with Crippen molar-refractivity contribution in [3.8, 4) is 0 Å². The van der Waals surface area contributed by atoms with Crippen molar-refractivity contribution in [3.05, 3.63) is 71.8 Å². The lowest BCUT2D eigenvalue weighted by Gasteiger charge is -2.35. The van der Waals surface area contributed by atoms with Gasteiger partial charge in [-0.05, 0) is 17.5 Å². The van der Waals surface area contributed by atoms with Crippen LogP contribution in [-0.2, 0) is 26.1 Å². The third-order valence-corrected chi connectivity index (χ3v) is 8.08. The summed E-state index contributed by atoms with van der Waals surface area (Å²) in [5.74, 6) is -0.299. The van der Waals surface area contributed by atoms with Crippen molar-refractivity contribution >= 4 is 22.0 Å². The summed E-state index contributed by atoms with van der Waals surface area (Å²) >= 11 is 0. The molecule has 0 aliphatic carbocycles. The maximum absolute atomic E-state index is 13.3. The Labute approximate surface area is 188 Å². The second kappa shape index (κ2) is 9.01. The number of sulfonamides is 1. The van der Waals surface area contributed by atoms with Crippen LogP contribution in [0.5, 0.6) is 0 Å². The van der Waals surface area contributed by atoms with Crippen molar-refractivity contribution in [1.29, 1.82) is 0 Å². The zero-order valence-corrected chi connectivity index (χ0v) is 18.9. The summed E-state index contributed by atoms with van der Waals surface area (Å²) in [6.45, 7) is 3.59. The van der Waals surface area contributed by atoms with Gasteiger partial charge in [-0.3, -0.25) is 9.69 Å². The van der Waals surface area contributed by atoms with Gasteiger partial charge in [0.25, 0.3) is 5.91 Å². The minimum absolute atomic E-state index is 0.0308. The van der Waals surface area contributed by atoms with Gasteiger partial charge in [0.2, 0.25) is 10.0 Å². The highest BCUT2D eigenvalue weighted by molar-refractivity contribution is 7.88. The number of nitrogens with zero attached hydrogens (tertiary/aromatic N) is 3. The summed E-state index contributed by atoms with van der Waals surface area (Å²) in [5.41, 5.74) is 0.463. The first-order chi connectivity index (χ1) is 15.4. The lowest BCUT2D eigenvalue weighted by atomic mass is 9.87. The van der Waals surface area contributed by atoms with Gasteiger partial charge in [-0.25, -0.2) is 18.1 Å². The Bertz CT molecular complexity index is 1070. The standard InChI is InChI=1S/C23H28N4O4S/c1-2-23(20-11-7-4-8-12-20)21(28)27(22(29)24-23)18-25-13-15-26(16-14-25)32(30,31)17-19-9-5-3-6-10-19/h3-12H,2,13-18H2,1H3,(H,24,29)/t23-/m0/s1. The maximum Gasteiger partial charge on any atom is 0.326 e. The van der Waals surface area contributed by atoms with Crippen LogP contribution in [0.1, 0.15) is 24.5 Å². The fraction of sp³-hybridized carbons (Fsp3) is 0.391. The Kier molecular flexibility index (Phi) is 6.32. The molecule has 2 fully saturated rings. The van der Waals surface area contributed by atoms with Crippen LogP contribution < -0.4 is 5.32 Å². The van der Waals surface area contributed by atoms with Crippen LogP contribution in [0.15, 0.2) is 60.7 Å². The number of urea groups is 1. The summed E-state index contributed by atoms with van der Waals surface area (Å²) in [7, 11) is -3.42. The number of imide groups is 1. The van der Waals surface area contributed by atoms with Gasteiger partial charge in [0.15, 0.2) is 0 Å². The van der Waals surface area contributed by atoms with Crippen LogP contribution in [0.4, 0.5) is 4.79 Å². The van der Waals surface area contributed by atoms with Crippen molar-refractivity contribution in [2.45, 2.75) is 24.6 Å². The molecule has 0 radical (unpaired) electrons. The molecule has 170 valence electrons. The molecule has 0 bridgehead atoms. The molecule has 1 N–H and O–H groups in total. The van der Waals surface area contributed by atoms with Crippen molar-refractivity contribution in [2.24, 2.45) is 0 Å². The normalized spacial score (nSPS) is 22.8. The number of carbonyl (C=O) groups is 2. The Morgan fingerprint density at radius 1 is 0.906 bits per heavy atom. The Hall–Kier alpha value is -2.75. The number of hydrogen-bond acceptors (Lipinski definition) is 5. The second-order valence-electron chi connectivity index (χ2n) is 8.19. The van der Waals surface area contributed by atoms with E-state index in [-0.39, 0.29) is 18.3 Å². The monoisotopic (exact) mass is 456 g/mol. The predicted molar refractivity (Wildman–Crippen MR) is 121 cm³/mol. The average Bonchev–Trinajstić information content (AvgIpc) is 3.05. The van der Waals surface area contributed by atoms with Gasteiger partial charge in [-0.1, -0.05) is 67.6 Å². The molecule has 32 heavy (non-hydrogen) atoms. The summed E-state index contributed by atoms with van der Waals surface area (Å²) < 4.78 is 27.0. The van der Waals surface area contributed by atoms with Crippen molar-refractivity contribution in [3.63, 3.8) is 0 Å². The molecule has 8 nitrogen and oxygen atoms in total. The molecule has 2 heterocycles. The number of rotatable bonds is 7. The van der Waals surface area contributed by atoms with Crippen LogP contribution in [-0.4, -0.2) is 67.3 Å². The first-order valence-corrected chi connectivity index (χ1v) is 12.4. The van der Waals surface area contributed by atoms with E-state index in [4.69, 9.17) is 0 Å². The number of amides is 3. The minimum Gasteiger partial charge on any atom is -0.319 e. The van der Waals surface area contributed by atoms with Gasteiger partial charge in [0, 0.05) is 26.2 Å². The zero-order valence-electron chi connectivity index (χ0n) is 18.1. The third kappa shape index (κ3) is 4.28. The molecule has 2 aromatic rings. The first kappa shape index (κ1) is 22.4. The third-order valence-electron chi connectivity index (χ3n) is 6.23. The van der Waals surface area contributed by atoms with Gasteiger partial charge >= 0.3 is 6.03 Å². The molecule has 1 atom stereocenters. The molecule has 4 rings (SSSR count). The van der Waals surface area contributed by atoms with E-state index in [9.17, 15) is 18.0 Å². The number of carbonyl (C=O) groups excluding carboxylic acids is 2. The van der Waals surface area contributed by atoms with Crippen LogP contribution in [0.2, 0.25) is 0 Å². The summed E-state index contributed by atoms with van der Waals surface area (Å²) in [6, 6.07) is 18.0. The number of piperazine rings is 1. The van der Waals surface area contributed by atoms with Crippen LogP contribution >= 0.6 is 0 Å². The van der Waals surface area contributed by atoms with E-state index >= 15 is 0 Å². The van der Waals surface area contributed by atoms with Crippen molar-refractivity contribution in [2.75, 3.05) is 32.8 Å². The lowest BCUT2D eigenvalue weighted by Crippen LogP contribution is -2.53. The average molecular weight is 457 g/mol. The highest BCUT2D eigenvalue weighted by atomic mass is 32.2. The fourth-order valence-corrected chi connectivity index (χ4v) is 5.86. The Morgan fingerprint density at radius 3 is 2.09 bits per heavy atom. The molecule has 0 saturated carbocycles. The molecule has 9 heteroatoms. The van der Waals surface area contributed by atoms with Gasteiger partial charge < -0.3 is 5.32 Å². The fourth-order valence-electron chi connectivity index (χ4n) is 4.34. The summed E-state index contributed by atoms with van der Waals surface area (Å²) in [5, 5.41) is 2.89. The van der Waals surface area contributed by atoms with E-state index in [1.807, 2.05) is 60.4 Å². The molecule has 0 aromatic heterocycles. The van der Waals surface area contributed by atoms with Gasteiger partial charge in [-0.2, -0.15) is 4.31 Å². The molecule has 2 aliphatic heterocycles. The van der Waals surface area contributed by atoms with Crippen LogP contribution in [0.25, 0.3) is 0 Å². The summed E-state index contributed by atoms with van der Waals surface area (Å²) in [6.07, 6.45) is 0.448. The minimum atomic E-state index is -3.42. The Balaban J connectivity index is 1.39. The number of nitrogens with one attached hydrogen (secondary N) is 1. The lowest BCUT2D eigenvalue weighted by molar-refractivity contribution is -0.133. The number of hydrogen-bond donors (Lipinski definition) is 1. The van der Waals surface area contributed by atoms with Crippen molar-refractivity contribution < 1.29 is 18.0 Å². The van der Waals surface area contributed by atoms with Gasteiger partial charge in [0.1, 0.15) is 5.54 Å². The topological polar surface area (TPSA) is 90.0 Å². The van der Waals surface area contributed by atoms with Gasteiger partial charge in [0.05, 0.1) is 12.4 Å². The molecular weight excluding hydrogens is 428 g/mol. The highest BCUT2D eigenvalue weighted by Gasteiger charge is 2.51. The summed E-state index contributed by atoms with van der Waals surface area (Å²) in [4.78, 5) is 29.2. The SMILES string of the molecule is CC[C@@]1(c2ccccc2)NC(=O)N(CN2CCN(S(=O)(=O)Cc3ccccc3)CC2)C1=O. The van der Waals surface area contributed by atoms with Crippen LogP contribution in [0, 0.1) is 0 Å². The molecular formula is C23H28N4O4S. The molecule has 2 aromatic carbocycles. The van der Waals surface area contributed by atoms with E-state index in [1.54, 1.807) is 12.1 Å². The van der Waals surface area contributed by atoms with E-state index in [0.717, 1.165) is 11.1 Å². The first-order valence-electron chi connectivity index (χ1n) is 10.8. The largest absolute Gasteiger partial charge is 0.326 e. The van der Waals surface area contributed by atoms with Crippen molar-refractivity contribution in [1.82, 2.24) is 19.4 Å². The second-order valence-corrected chi connectivity index (χ2v) is 10.2. The van der Waals surface area contributed by atoms with E-state index in [0.29, 0.717) is 32.6 Å². The Morgan fingerprint density at radius 2 is 1.50 bits per heavy atom. The molecule has 0 spiro atoms. The van der Waals surface area contributed by atoms with Crippen LogP contribution in [0.3, 0.4) is 0 Å². The quantitative estimate of drug-likeness (QED) is 0.644. The van der Waals surface area contributed by atoms with E-state index in [1.165, 1.54) is 9.21 Å². The molecule has 3 amide bonds. The molecule has 0 unspecified atom stereocenters. The highest BCUT2D eigenvalue weighted by Crippen LogP contribution is 2.32. The van der Waals surface area contributed by atoms with E-state index < -0.39 is 21.6 Å². The number of benzene rings is 2. The maximum atomic E-state index is 13.3.